The Kier molecular flexibility index (Phi) is 8.12. The summed E-state index contributed by atoms with van der Waals surface area (Å²) in [7, 11) is 1.63. The minimum absolute atomic E-state index is 0.527. The van der Waals surface area contributed by atoms with Crippen LogP contribution in [0.25, 0.3) is 0 Å². The third-order valence-corrected chi connectivity index (χ3v) is 3.43. The second kappa shape index (κ2) is 9.65. The topological polar surface area (TPSA) is 38.7 Å². The number of rotatable bonds is 10. The summed E-state index contributed by atoms with van der Waals surface area (Å²) in [6.07, 6.45) is 6.92. The van der Waals surface area contributed by atoms with Gasteiger partial charge in [-0.2, -0.15) is 0 Å². The van der Waals surface area contributed by atoms with Crippen molar-refractivity contribution in [1.82, 2.24) is 0 Å². The van der Waals surface area contributed by atoms with Gasteiger partial charge in [0.05, 0.1) is 19.8 Å². The maximum absolute atomic E-state index is 9.75. The van der Waals surface area contributed by atoms with Gasteiger partial charge in [-0.15, -0.1) is 0 Å². The van der Waals surface area contributed by atoms with Gasteiger partial charge in [0.25, 0.3) is 0 Å². The predicted octanol–water partition coefficient (Wildman–Crippen LogP) is 4.49. The van der Waals surface area contributed by atoms with E-state index in [0.29, 0.717) is 6.61 Å². The van der Waals surface area contributed by atoms with Gasteiger partial charge in [-0.3, -0.25) is 0 Å². The molecule has 0 heterocycles. The minimum atomic E-state index is -0.527. The van der Waals surface area contributed by atoms with Gasteiger partial charge in [0.2, 0.25) is 0 Å². The molecule has 1 aromatic rings. The second-order valence-corrected chi connectivity index (χ2v) is 5.20. The molecule has 0 bridgehead atoms. The number of aliphatic hydroxyl groups is 1. The highest BCUT2D eigenvalue weighted by molar-refractivity contribution is 5.41. The molecule has 1 unspecified atom stereocenters. The largest absolute Gasteiger partial charge is 0.497 e. The summed E-state index contributed by atoms with van der Waals surface area (Å²) in [4.78, 5) is 0. The molecule has 0 aliphatic carbocycles. The average molecular weight is 280 g/mol. The van der Waals surface area contributed by atoms with Gasteiger partial charge in [0, 0.05) is 11.6 Å². The first-order chi connectivity index (χ1) is 9.69. The SMILES string of the molecule is CCCCCCCCOc1cc(OC)ccc1C(C)O. The van der Waals surface area contributed by atoms with E-state index in [1.807, 2.05) is 18.2 Å². The Hall–Kier alpha value is -1.22. The van der Waals surface area contributed by atoms with Crippen molar-refractivity contribution >= 4 is 0 Å². The summed E-state index contributed by atoms with van der Waals surface area (Å²) < 4.78 is 11.0. The lowest BCUT2D eigenvalue weighted by atomic mass is 10.1. The Morgan fingerprint density at radius 2 is 1.80 bits per heavy atom. The molecular weight excluding hydrogens is 252 g/mol. The third kappa shape index (κ3) is 5.83. The highest BCUT2D eigenvalue weighted by atomic mass is 16.5. The van der Waals surface area contributed by atoms with Gasteiger partial charge >= 0.3 is 0 Å². The first-order valence-electron chi connectivity index (χ1n) is 7.67. The molecule has 1 rings (SSSR count). The Morgan fingerprint density at radius 3 is 2.45 bits per heavy atom. The number of unbranched alkanes of at least 4 members (excludes halogenated alkanes) is 5. The molecule has 0 aliphatic heterocycles. The van der Waals surface area contributed by atoms with Crippen molar-refractivity contribution < 1.29 is 14.6 Å². The van der Waals surface area contributed by atoms with Crippen LogP contribution in [0.15, 0.2) is 18.2 Å². The number of hydrogen-bond acceptors (Lipinski definition) is 3. The van der Waals surface area contributed by atoms with Gasteiger partial charge in [0.1, 0.15) is 11.5 Å². The highest BCUT2D eigenvalue weighted by Gasteiger charge is 2.10. The lowest BCUT2D eigenvalue weighted by Crippen LogP contribution is -2.03. The lowest BCUT2D eigenvalue weighted by Gasteiger charge is -2.14. The molecule has 0 aromatic heterocycles. The average Bonchev–Trinajstić information content (AvgIpc) is 2.45. The van der Waals surface area contributed by atoms with Gasteiger partial charge < -0.3 is 14.6 Å². The van der Waals surface area contributed by atoms with Crippen LogP contribution in [0.2, 0.25) is 0 Å². The molecule has 0 aliphatic rings. The molecule has 0 spiro atoms. The summed E-state index contributed by atoms with van der Waals surface area (Å²) in [5.74, 6) is 1.49. The van der Waals surface area contributed by atoms with Crippen molar-refractivity contribution in [3.63, 3.8) is 0 Å². The van der Waals surface area contributed by atoms with Crippen LogP contribution in [0.5, 0.6) is 11.5 Å². The van der Waals surface area contributed by atoms with E-state index in [0.717, 1.165) is 23.5 Å². The van der Waals surface area contributed by atoms with Crippen LogP contribution < -0.4 is 9.47 Å². The highest BCUT2D eigenvalue weighted by Crippen LogP contribution is 2.29. The second-order valence-electron chi connectivity index (χ2n) is 5.20. The number of aliphatic hydroxyl groups excluding tert-OH is 1. The van der Waals surface area contributed by atoms with Gasteiger partial charge in [0.15, 0.2) is 0 Å². The van der Waals surface area contributed by atoms with E-state index in [4.69, 9.17) is 9.47 Å². The molecule has 114 valence electrons. The molecule has 3 heteroatoms. The molecule has 1 aromatic carbocycles. The van der Waals surface area contributed by atoms with Gasteiger partial charge in [-0.05, 0) is 25.5 Å². The zero-order valence-electron chi connectivity index (χ0n) is 13.0. The Bertz CT molecular complexity index is 374. The van der Waals surface area contributed by atoms with E-state index in [-0.39, 0.29) is 0 Å². The normalized spacial score (nSPS) is 12.2. The Balaban J connectivity index is 2.41. The fourth-order valence-electron chi connectivity index (χ4n) is 2.18. The van der Waals surface area contributed by atoms with Crippen molar-refractivity contribution in [2.45, 2.75) is 58.5 Å². The van der Waals surface area contributed by atoms with Crippen LogP contribution in [-0.4, -0.2) is 18.8 Å². The Morgan fingerprint density at radius 1 is 1.10 bits per heavy atom. The number of benzene rings is 1. The summed E-state index contributed by atoms with van der Waals surface area (Å²) >= 11 is 0. The van der Waals surface area contributed by atoms with E-state index in [2.05, 4.69) is 6.92 Å². The molecule has 0 saturated heterocycles. The smallest absolute Gasteiger partial charge is 0.128 e. The first kappa shape index (κ1) is 16.8. The van der Waals surface area contributed by atoms with Crippen molar-refractivity contribution in [2.24, 2.45) is 0 Å². The standard InChI is InChI=1S/C17H28O3/c1-4-5-6-7-8-9-12-20-17-13-15(19-3)10-11-16(17)14(2)18/h10-11,13-14,18H,4-9,12H2,1-3H3. The number of ether oxygens (including phenoxy) is 2. The third-order valence-electron chi connectivity index (χ3n) is 3.43. The monoisotopic (exact) mass is 280 g/mol. The molecule has 0 amide bonds. The van der Waals surface area contributed by atoms with E-state index < -0.39 is 6.10 Å². The van der Waals surface area contributed by atoms with Gasteiger partial charge in [-0.25, -0.2) is 0 Å². The van der Waals surface area contributed by atoms with Crippen molar-refractivity contribution in [1.29, 1.82) is 0 Å². The van der Waals surface area contributed by atoms with Crippen LogP contribution in [0.4, 0.5) is 0 Å². The van der Waals surface area contributed by atoms with Crippen LogP contribution in [0.1, 0.15) is 64.0 Å². The van der Waals surface area contributed by atoms with Gasteiger partial charge in [-0.1, -0.05) is 39.0 Å². The Labute approximate surface area is 122 Å². The minimum Gasteiger partial charge on any atom is -0.497 e. The fraction of sp³-hybridized carbons (Fsp3) is 0.647. The van der Waals surface area contributed by atoms with E-state index in [9.17, 15) is 5.11 Å². The van der Waals surface area contributed by atoms with Crippen molar-refractivity contribution in [2.75, 3.05) is 13.7 Å². The number of methoxy groups -OCH3 is 1. The van der Waals surface area contributed by atoms with Crippen LogP contribution in [0.3, 0.4) is 0 Å². The zero-order chi connectivity index (χ0) is 14.8. The van der Waals surface area contributed by atoms with Crippen LogP contribution in [-0.2, 0) is 0 Å². The molecule has 20 heavy (non-hydrogen) atoms. The predicted molar refractivity (Wildman–Crippen MR) is 82.5 cm³/mol. The quantitative estimate of drug-likeness (QED) is 0.642. The molecule has 1 atom stereocenters. The summed E-state index contributed by atoms with van der Waals surface area (Å²) in [5.41, 5.74) is 0.816. The summed E-state index contributed by atoms with van der Waals surface area (Å²) in [5, 5.41) is 9.75. The maximum Gasteiger partial charge on any atom is 0.128 e. The molecule has 3 nitrogen and oxygen atoms in total. The number of hydrogen-bond donors (Lipinski definition) is 1. The van der Waals surface area contributed by atoms with E-state index in [1.54, 1.807) is 14.0 Å². The lowest BCUT2D eigenvalue weighted by molar-refractivity contribution is 0.190. The van der Waals surface area contributed by atoms with E-state index in [1.165, 1.54) is 32.1 Å². The summed E-state index contributed by atoms with van der Waals surface area (Å²) in [6.45, 7) is 4.67. The molecular formula is C17H28O3. The molecule has 1 N–H and O–H groups in total. The zero-order valence-corrected chi connectivity index (χ0v) is 13.0. The van der Waals surface area contributed by atoms with Crippen molar-refractivity contribution in [3.8, 4) is 11.5 Å². The molecule has 0 fully saturated rings. The fourth-order valence-corrected chi connectivity index (χ4v) is 2.18. The van der Waals surface area contributed by atoms with E-state index >= 15 is 0 Å². The molecule has 0 saturated carbocycles. The molecule has 0 radical (unpaired) electrons. The summed E-state index contributed by atoms with van der Waals surface area (Å²) in [6, 6.07) is 5.55. The first-order valence-corrected chi connectivity index (χ1v) is 7.67. The maximum atomic E-state index is 9.75. The van der Waals surface area contributed by atoms with Crippen LogP contribution in [0, 0.1) is 0 Å². The van der Waals surface area contributed by atoms with Crippen molar-refractivity contribution in [3.05, 3.63) is 23.8 Å². The van der Waals surface area contributed by atoms with Crippen LogP contribution >= 0.6 is 0 Å².